The molecule has 98 valence electrons. The van der Waals surface area contributed by atoms with Crippen molar-refractivity contribution in [3.05, 3.63) is 0 Å². The molecule has 0 aliphatic heterocycles. The lowest BCUT2D eigenvalue weighted by Crippen LogP contribution is -2.25. The summed E-state index contributed by atoms with van der Waals surface area (Å²) in [6.07, 6.45) is 5.06. The van der Waals surface area contributed by atoms with Gasteiger partial charge in [-0.05, 0) is 78.9 Å². The summed E-state index contributed by atoms with van der Waals surface area (Å²) in [6.45, 7) is 6.76. The average Bonchev–Trinajstić information content (AvgIpc) is 2.17. The maximum atomic E-state index is 5.54. The van der Waals surface area contributed by atoms with E-state index in [0.717, 1.165) is 12.5 Å². The first kappa shape index (κ1) is 15.9. The largest absolute Gasteiger partial charge is 0.330 e. The van der Waals surface area contributed by atoms with Crippen LogP contribution in [0.4, 0.5) is 0 Å². The molecule has 0 fully saturated rings. The molecule has 2 N–H and O–H groups in total. The molecule has 0 aromatic heterocycles. The van der Waals surface area contributed by atoms with Gasteiger partial charge in [0, 0.05) is 0 Å². The van der Waals surface area contributed by atoms with E-state index in [1.165, 1.54) is 45.3 Å². The van der Waals surface area contributed by atoms with Gasteiger partial charge in [0.25, 0.3) is 0 Å². The molecule has 0 rings (SSSR count). The number of nitrogens with two attached hydrogens (primary N) is 1. The Balaban J connectivity index is 3.32. The Bertz CT molecular complexity index is 148. The summed E-state index contributed by atoms with van der Waals surface area (Å²) in [7, 11) is 6.49. The fraction of sp³-hybridized carbons (Fsp3) is 1.00. The zero-order chi connectivity index (χ0) is 12.4. The average molecular weight is 229 g/mol. The zero-order valence-corrected chi connectivity index (χ0v) is 11.7. The van der Waals surface area contributed by atoms with Gasteiger partial charge in [0.1, 0.15) is 0 Å². The standard InChI is InChI=1S/C13H31N3/c1-13(8-9-14)7-5-11-16(4)12-6-10-15(2)3/h13H,5-12,14H2,1-4H3. The van der Waals surface area contributed by atoms with E-state index < -0.39 is 0 Å². The predicted molar refractivity (Wildman–Crippen MR) is 72.7 cm³/mol. The van der Waals surface area contributed by atoms with Crippen LogP contribution in [0.1, 0.15) is 32.6 Å². The van der Waals surface area contributed by atoms with Crippen LogP contribution in [0.2, 0.25) is 0 Å². The smallest absolute Gasteiger partial charge is 0.000960 e. The quantitative estimate of drug-likeness (QED) is 0.618. The molecule has 0 saturated carbocycles. The van der Waals surface area contributed by atoms with Gasteiger partial charge < -0.3 is 15.5 Å². The molecule has 0 spiro atoms. The van der Waals surface area contributed by atoms with E-state index in [0.29, 0.717) is 0 Å². The van der Waals surface area contributed by atoms with E-state index in [2.05, 4.69) is 37.9 Å². The summed E-state index contributed by atoms with van der Waals surface area (Å²) in [4.78, 5) is 4.69. The molecule has 0 aromatic rings. The Morgan fingerprint density at radius 2 is 1.56 bits per heavy atom. The van der Waals surface area contributed by atoms with Gasteiger partial charge in [0.2, 0.25) is 0 Å². The minimum atomic E-state index is 0.792. The van der Waals surface area contributed by atoms with Gasteiger partial charge in [-0.15, -0.1) is 0 Å². The van der Waals surface area contributed by atoms with E-state index in [1.54, 1.807) is 0 Å². The Kier molecular flexibility index (Phi) is 9.99. The topological polar surface area (TPSA) is 32.5 Å². The van der Waals surface area contributed by atoms with Crippen molar-refractivity contribution in [1.29, 1.82) is 0 Å². The van der Waals surface area contributed by atoms with Gasteiger partial charge in [0.15, 0.2) is 0 Å². The first-order valence-corrected chi connectivity index (χ1v) is 6.59. The third-order valence-electron chi connectivity index (χ3n) is 3.04. The minimum Gasteiger partial charge on any atom is -0.330 e. The monoisotopic (exact) mass is 229 g/mol. The Labute approximate surface area is 102 Å². The summed E-state index contributed by atoms with van der Waals surface area (Å²) in [5.74, 6) is 0.792. The fourth-order valence-electron chi connectivity index (χ4n) is 1.91. The van der Waals surface area contributed by atoms with E-state index in [-0.39, 0.29) is 0 Å². The van der Waals surface area contributed by atoms with E-state index in [9.17, 15) is 0 Å². The summed E-state index contributed by atoms with van der Waals surface area (Å²) < 4.78 is 0. The van der Waals surface area contributed by atoms with E-state index in [4.69, 9.17) is 5.73 Å². The lowest BCUT2D eigenvalue weighted by atomic mass is 10.0. The van der Waals surface area contributed by atoms with Gasteiger partial charge in [-0.25, -0.2) is 0 Å². The van der Waals surface area contributed by atoms with Crippen LogP contribution < -0.4 is 5.73 Å². The lowest BCUT2D eigenvalue weighted by molar-refractivity contribution is 0.288. The highest BCUT2D eigenvalue weighted by Crippen LogP contribution is 2.09. The first-order valence-electron chi connectivity index (χ1n) is 6.59. The van der Waals surface area contributed by atoms with Gasteiger partial charge in [-0.2, -0.15) is 0 Å². The van der Waals surface area contributed by atoms with Crippen molar-refractivity contribution in [2.24, 2.45) is 11.7 Å². The summed E-state index contributed by atoms with van der Waals surface area (Å²) in [6, 6.07) is 0. The number of hydrogen-bond acceptors (Lipinski definition) is 3. The number of hydrogen-bond donors (Lipinski definition) is 1. The molecule has 0 saturated heterocycles. The fourth-order valence-corrected chi connectivity index (χ4v) is 1.91. The van der Waals surface area contributed by atoms with Crippen molar-refractivity contribution in [1.82, 2.24) is 9.80 Å². The summed E-state index contributed by atoms with van der Waals surface area (Å²) in [5, 5.41) is 0. The summed E-state index contributed by atoms with van der Waals surface area (Å²) in [5.41, 5.74) is 5.54. The molecule has 1 unspecified atom stereocenters. The van der Waals surface area contributed by atoms with Crippen LogP contribution in [0, 0.1) is 5.92 Å². The Morgan fingerprint density at radius 1 is 0.938 bits per heavy atom. The van der Waals surface area contributed by atoms with Crippen LogP contribution in [-0.4, -0.2) is 57.1 Å². The highest BCUT2D eigenvalue weighted by atomic mass is 15.1. The molecule has 0 aliphatic rings. The van der Waals surface area contributed by atoms with Crippen LogP contribution in [0.5, 0.6) is 0 Å². The second-order valence-electron chi connectivity index (χ2n) is 5.28. The molecular weight excluding hydrogens is 198 g/mol. The SMILES string of the molecule is CC(CCN)CCCN(C)CCCN(C)C. The molecule has 0 amide bonds. The van der Waals surface area contributed by atoms with Crippen molar-refractivity contribution in [2.45, 2.75) is 32.6 Å². The van der Waals surface area contributed by atoms with Crippen molar-refractivity contribution in [3.63, 3.8) is 0 Å². The maximum absolute atomic E-state index is 5.54. The second kappa shape index (κ2) is 10.1. The normalized spacial score (nSPS) is 13.7. The third-order valence-corrected chi connectivity index (χ3v) is 3.04. The molecule has 3 nitrogen and oxygen atoms in total. The molecule has 0 aliphatic carbocycles. The van der Waals surface area contributed by atoms with Gasteiger partial charge in [0.05, 0.1) is 0 Å². The molecule has 0 radical (unpaired) electrons. The Morgan fingerprint density at radius 3 is 2.12 bits per heavy atom. The van der Waals surface area contributed by atoms with Gasteiger partial charge >= 0.3 is 0 Å². The lowest BCUT2D eigenvalue weighted by Gasteiger charge is -2.19. The molecular formula is C13H31N3. The van der Waals surface area contributed by atoms with Gasteiger partial charge in [-0.3, -0.25) is 0 Å². The van der Waals surface area contributed by atoms with Crippen molar-refractivity contribution in [2.75, 3.05) is 47.3 Å². The van der Waals surface area contributed by atoms with Crippen molar-refractivity contribution in [3.8, 4) is 0 Å². The van der Waals surface area contributed by atoms with Crippen molar-refractivity contribution >= 4 is 0 Å². The molecule has 0 heterocycles. The van der Waals surface area contributed by atoms with Crippen LogP contribution in [0.25, 0.3) is 0 Å². The number of nitrogens with zero attached hydrogens (tertiary/aromatic N) is 2. The van der Waals surface area contributed by atoms with Gasteiger partial charge in [-0.1, -0.05) is 6.92 Å². The summed E-state index contributed by atoms with van der Waals surface area (Å²) >= 11 is 0. The maximum Gasteiger partial charge on any atom is -0.000960 e. The van der Waals surface area contributed by atoms with Crippen LogP contribution >= 0.6 is 0 Å². The minimum absolute atomic E-state index is 0.792. The highest BCUT2D eigenvalue weighted by Gasteiger charge is 2.03. The molecule has 3 heteroatoms. The predicted octanol–water partition coefficient (Wildman–Crippen LogP) is 1.64. The Hall–Kier alpha value is -0.120. The second-order valence-corrected chi connectivity index (χ2v) is 5.28. The molecule has 16 heavy (non-hydrogen) atoms. The molecule has 0 aromatic carbocycles. The molecule has 1 atom stereocenters. The van der Waals surface area contributed by atoms with Crippen molar-refractivity contribution < 1.29 is 0 Å². The van der Waals surface area contributed by atoms with E-state index in [1.807, 2.05) is 0 Å². The highest BCUT2D eigenvalue weighted by molar-refractivity contribution is 4.58. The van der Waals surface area contributed by atoms with Crippen LogP contribution in [0.3, 0.4) is 0 Å². The first-order chi connectivity index (χ1) is 7.56. The zero-order valence-electron chi connectivity index (χ0n) is 11.7. The number of rotatable bonds is 10. The van der Waals surface area contributed by atoms with Crippen LogP contribution in [0.15, 0.2) is 0 Å². The molecule has 0 bridgehead atoms. The third kappa shape index (κ3) is 10.4. The van der Waals surface area contributed by atoms with E-state index >= 15 is 0 Å². The van der Waals surface area contributed by atoms with Crippen LogP contribution in [-0.2, 0) is 0 Å².